The van der Waals surface area contributed by atoms with Crippen LogP contribution in [-0.2, 0) is 20.1 Å². The second-order valence-electron chi connectivity index (χ2n) is 3.81. The van der Waals surface area contributed by atoms with Crippen LogP contribution in [0.1, 0.15) is 24.1 Å². The zero-order valence-corrected chi connectivity index (χ0v) is 9.23. The van der Waals surface area contributed by atoms with Gasteiger partial charge < -0.3 is 9.77 Å². The van der Waals surface area contributed by atoms with Gasteiger partial charge in [0.15, 0.2) is 11.7 Å². The Morgan fingerprint density at radius 2 is 2.25 bits per heavy atom. The predicted octanol–water partition coefficient (Wildman–Crippen LogP) is 0.0372. The van der Waals surface area contributed by atoms with Gasteiger partial charge in [-0.15, -0.1) is 0 Å². The van der Waals surface area contributed by atoms with E-state index in [1.807, 2.05) is 0 Å². The van der Waals surface area contributed by atoms with Gasteiger partial charge in [-0.2, -0.15) is 5.06 Å². The Morgan fingerprint density at radius 3 is 2.81 bits per heavy atom. The van der Waals surface area contributed by atoms with Crippen LogP contribution in [0.15, 0.2) is 4.99 Å². The summed E-state index contributed by atoms with van der Waals surface area (Å²) in [6, 6.07) is 0. The highest BCUT2D eigenvalue weighted by molar-refractivity contribution is 6.60. The molecule has 2 N–H and O–H groups in total. The predicted molar refractivity (Wildman–Crippen MR) is 59.9 cm³/mol. The molecule has 2 heterocycles. The first kappa shape index (κ1) is 11.0. The van der Waals surface area contributed by atoms with Gasteiger partial charge in [-0.1, -0.05) is 0 Å². The molecule has 0 unspecified atom stereocenters. The number of hydroxylamine groups is 2. The molecule has 6 nitrogen and oxygen atoms in total. The fourth-order valence-electron chi connectivity index (χ4n) is 1.75. The number of hydrogen-bond donors (Lipinski definition) is 2. The van der Waals surface area contributed by atoms with Gasteiger partial charge >= 0.3 is 0 Å². The Morgan fingerprint density at radius 1 is 1.56 bits per heavy atom. The average Bonchev–Trinajstić information content (AvgIpc) is 2.64. The summed E-state index contributed by atoms with van der Waals surface area (Å²) in [7, 11) is 7.22. The summed E-state index contributed by atoms with van der Waals surface area (Å²) in [5.41, 5.74) is 2.03. The summed E-state index contributed by atoms with van der Waals surface area (Å²) in [6.07, 6.45) is 0. The van der Waals surface area contributed by atoms with Crippen LogP contribution in [0.2, 0.25) is 0 Å². The number of fused-ring (bicyclic) bond motifs is 1. The number of aromatic nitrogens is 2. The summed E-state index contributed by atoms with van der Waals surface area (Å²) in [5.74, 6) is 0.518. The van der Waals surface area contributed by atoms with Crippen molar-refractivity contribution >= 4 is 19.3 Å². The van der Waals surface area contributed by atoms with Gasteiger partial charge in [0, 0.05) is 7.05 Å². The van der Waals surface area contributed by atoms with E-state index in [4.69, 9.17) is 13.3 Å². The van der Waals surface area contributed by atoms with Crippen molar-refractivity contribution in [2.75, 3.05) is 0 Å². The number of amidine groups is 1. The number of nitrogens with zero attached hydrogens (tertiary/aromatic N) is 4. The Balaban J connectivity index is 2.36. The van der Waals surface area contributed by atoms with E-state index in [1.165, 1.54) is 5.06 Å². The molecule has 16 heavy (non-hydrogen) atoms. The van der Waals surface area contributed by atoms with Crippen molar-refractivity contribution in [2.45, 2.75) is 20.0 Å². The highest BCUT2D eigenvalue weighted by Crippen LogP contribution is 2.21. The minimum atomic E-state index is 0.0430. The highest BCUT2D eigenvalue weighted by atomic mass is 16.5. The summed E-state index contributed by atoms with van der Waals surface area (Å²) in [5, 5.41) is 18.2. The molecule has 0 aliphatic carbocycles. The van der Waals surface area contributed by atoms with E-state index in [1.54, 1.807) is 18.5 Å². The van der Waals surface area contributed by atoms with Crippen LogP contribution in [-0.4, -0.2) is 39.1 Å². The molecule has 0 aromatic carbocycles. The molecule has 0 amide bonds. The van der Waals surface area contributed by atoms with E-state index in [0.29, 0.717) is 24.5 Å². The first-order valence-corrected chi connectivity index (χ1v) is 4.87. The fourth-order valence-corrected chi connectivity index (χ4v) is 1.75. The van der Waals surface area contributed by atoms with Gasteiger partial charge in [0.05, 0.1) is 24.5 Å². The SMILES string of the molecule is [B]C(C)=NC(=N)c1nc2c(n1C)CN(O)C2. The number of aliphatic imine (C=N–C) groups is 1. The number of rotatable bonds is 1. The maximum Gasteiger partial charge on any atom is 0.187 e. The summed E-state index contributed by atoms with van der Waals surface area (Å²) in [4.78, 5) is 8.13. The van der Waals surface area contributed by atoms with E-state index in [0.717, 1.165) is 11.4 Å². The number of nitrogens with one attached hydrogen (secondary N) is 1. The van der Waals surface area contributed by atoms with Crippen LogP contribution in [0, 0.1) is 5.41 Å². The maximum atomic E-state index is 9.32. The molecule has 1 aliphatic rings. The molecule has 0 fully saturated rings. The van der Waals surface area contributed by atoms with Crippen molar-refractivity contribution in [3.8, 4) is 0 Å². The molecule has 82 valence electrons. The normalized spacial score (nSPS) is 16.6. The zero-order chi connectivity index (χ0) is 11.9. The van der Waals surface area contributed by atoms with Crippen LogP contribution < -0.4 is 0 Å². The van der Waals surface area contributed by atoms with Gasteiger partial charge in [-0.25, -0.2) is 9.98 Å². The summed E-state index contributed by atoms with van der Waals surface area (Å²) in [6.45, 7) is 2.44. The first-order valence-electron chi connectivity index (χ1n) is 4.87. The molecule has 2 rings (SSSR count). The van der Waals surface area contributed by atoms with Crippen LogP contribution in [0.3, 0.4) is 0 Å². The third kappa shape index (κ3) is 1.79. The minimum Gasteiger partial charge on any atom is -0.327 e. The van der Waals surface area contributed by atoms with E-state index in [2.05, 4.69) is 9.98 Å². The van der Waals surface area contributed by atoms with Crippen molar-refractivity contribution in [1.82, 2.24) is 14.6 Å². The molecule has 0 saturated carbocycles. The summed E-state index contributed by atoms with van der Waals surface area (Å²) >= 11 is 0. The molecule has 0 saturated heterocycles. The van der Waals surface area contributed by atoms with Crippen molar-refractivity contribution in [3.63, 3.8) is 0 Å². The van der Waals surface area contributed by atoms with Crippen LogP contribution >= 0.6 is 0 Å². The quantitative estimate of drug-likeness (QED) is 0.396. The van der Waals surface area contributed by atoms with Gasteiger partial charge in [-0.3, -0.25) is 5.41 Å². The fraction of sp³-hybridized carbons (Fsp3) is 0.444. The molecular weight excluding hydrogens is 205 g/mol. The Kier molecular flexibility index (Phi) is 2.65. The molecule has 0 bridgehead atoms. The van der Waals surface area contributed by atoms with Crippen molar-refractivity contribution in [1.29, 1.82) is 5.41 Å². The van der Waals surface area contributed by atoms with Crippen molar-refractivity contribution in [3.05, 3.63) is 17.2 Å². The number of imidazole rings is 1. The standard InChI is InChI=1S/C9H12BN5O/c1-5(10)12-8(11)9-13-6-3-15(16)4-7(6)14(9)2/h11,16H,3-4H2,1-2H3. The van der Waals surface area contributed by atoms with Crippen LogP contribution in [0.5, 0.6) is 0 Å². The molecule has 1 aliphatic heterocycles. The topological polar surface area (TPSA) is 77.5 Å². The molecule has 1 aromatic heterocycles. The largest absolute Gasteiger partial charge is 0.327 e. The van der Waals surface area contributed by atoms with Gasteiger partial charge in [-0.05, 0) is 12.5 Å². The van der Waals surface area contributed by atoms with Crippen molar-refractivity contribution in [2.24, 2.45) is 12.0 Å². The smallest absolute Gasteiger partial charge is 0.187 e. The first-order chi connectivity index (χ1) is 7.49. The van der Waals surface area contributed by atoms with E-state index < -0.39 is 0 Å². The van der Waals surface area contributed by atoms with Gasteiger partial charge in [0.25, 0.3) is 0 Å². The minimum absolute atomic E-state index is 0.0430. The average molecular weight is 217 g/mol. The van der Waals surface area contributed by atoms with Crippen molar-refractivity contribution < 1.29 is 5.21 Å². The van der Waals surface area contributed by atoms with E-state index in [-0.39, 0.29) is 5.84 Å². The molecular formula is C9H12BN5O. The maximum absolute atomic E-state index is 9.32. The van der Waals surface area contributed by atoms with E-state index >= 15 is 0 Å². The van der Waals surface area contributed by atoms with E-state index in [9.17, 15) is 5.21 Å². The lowest BCUT2D eigenvalue weighted by molar-refractivity contribution is -0.0985. The Labute approximate surface area is 94.5 Å². The molecule has 1 aromatic rings. The number of hydrogen-bond acceptors (Lipinski definition) is 4. The zero-order valence-electron chi connectivity index (χ0n) is 9.23. The Hall–Kier alpha value is -1.47. The second kappa shape index (κ2) is 3.84. The monoisotopic (exact) mass is 217 g/mol. The molecule has 2 radical (unpaired) electrons. The van der Waals surface area contributed by atoms with Gasteiger partial charge in [0.1, 0.15) is 7.85 Å². The van der Waals surface area contributed by atoms with Gasteiger partial charge in [0.2, 0.25) is 0 Å². The lowest BCUT2D eigenvalue weighted by Crippen LogP contribution is -2.15. The lowest BCUT2D eigenvalue weighted by atomic mass is 10.0. The third-order valence-corrected chi connectivity index (χ3v) is 2.46. The Bertz CT molecular complexity index is 474. The molecule has 7 heteroatoms. The third-order valence-electron chi connectivity index (χ3n) is 2.46. The molecule has 0 atom stereocenters. The van der Waals surface area contributed by atoms with Crippen LogP contribution in [0.4, 0.5) is 0 Å². The molecule has 0 spiro atoms. The summed E-state index contributed by atoms with van der Waals surface area (Å²) < 4.78 is 1.76. The lowest BCUT2D eigenvalue weighted by Gasteiger charge is -2.07. The van der Waals surface area contributed by atoms with Crippen LogP contribution in [0.25, 0.3) is 0 Å². The highest BCUT2D eigenvalue weighted by Gasteiger charge is 2.25. The second-order valence-corrected chi connectivity index (χ2v) is 3.81.